The first-order valence-corrected chi connectivity index (χ1v) is 8.88. The summed E-state index contributed by atoms with van der Waals surface area (Å²) in [6.07, 6.45) is 2.25. The van der Waals surface area contributed by atoms with Crippen molar-refractivity contribution < 1.29 is 13.5 Å². The minimum absolute atomic E-state index is 0.000711. The Morgan fingerprint density at radius 3 is 2.25 bits per heavy atom. The minimum atomic E-state index is -3.43. The van der Waals surface area contributed by atoms with E-state index in [-0.39, 0.29) is 12.6 Å². The van der Waals surface area contributed by atoms with Crippen molar-refractivity contribution >= 4 is 10.2 Å². The van der Waals surface area contributed by atoms with Crippen molar-refractivity contribution in [3.63, 3.8) is 0 Å². The van der Waals surface area contributed by atoms with Crippen molar-refractivity contribution in [3.05, 3.63) is 0 Å². The highest BCUT2D eigenvalue weighted by molar-refractivity contribution is 7.87. The van der Waals surface area contributed by atoms with E-state index >= 15 is 0 Å². The van der Waals surface area contributed by atoms with E-state index in [1.807, 2.05) is 6.92 Å². The lowest BCUT2D eigenvalue weighted by molar-refractivity contribution is 0.274. The van der Waals surface area contributed by atoms with Crippen molar-refractivity contribution in [1.82, 2.24) is 13.9 Å². The van der Waals surface area contributed by atoms with E-state index in [1.54, 1.807) is 0 Å². The molecule has 0 amide bonds. The maximum absolute atomic E-state index is 12.0. The molecule has 0 aromatic carbocycles. The predicted molar refractivity (Wildman–Crippen MR) is 82.9 cm³/mol. The van der Waals surface area contributed by atoms with Crippen molar-refractivity contribution in [3.8, 4) is 0 Å². The molecule has 2 N–H and O–H groups in total. The first-order valence-electron chi connectivity index (χ1n) is 7.44. The third-order valence-electron chi connectivity index (χ3n) is 3.40. The maximum atomic E-state index is 12.0. The zero-order valence-electron chi connectivity index (χ0n) is 13.3. The summed E-state index contributed by atoms with van der Waals surface area (Å²) in [4.78, 5) is 2.33. The Labute approximate surface area is 124 Å². The number of hydrogen-bond acceptors (Lipinski definition) is 4. The monoisotopic (exact) mass is 309 g/mol. The lowest BCUT2D eigenvalue weighted by atomic mass is 10.2. The van der Waals surface area contributed by atoms with Gasteiger partial charge in [-0.05, 0) is 45.8 Å². The van der Waals surface area contributed by atoms with E-state index < -0.39 is 10.2 Å². The fraction of sp³-hybridized carbons (Fsp3) is 1.00. The van der Waals surface area contributed by atoms with Crippen molar-refractivity contribution in [2.45, 2.75) is 46.1 Å². The molecule has 0 radical (unpaired) electrons. The summed E-state index contributed by atoms with van der Waals surface area (Å²) >= 11 is 0. The van der Waals surface area contributed by atoms with E-state index in [0.29, 0.717) is 13.0 Å². The van der Waals surface area contributed by atoms with Gasteiger partial charge in [-0.15, -0.1) is 0 Å². The zero-order chi connectivity index (χ0) is 15.6. The highest BCUT2D eigenvalue weighted by Crippen LogP contribution is 2.03. The molecule has 0 fully saturated rings. The molecule has 0 spiro atoms. The van der Waals surface area contributed by atoms with Gasteiger partial charge < -0.3 is 10.0 Å². The molecule has 0 rings (SSSR count). The summed E-state index contributed by atoms with van der Waals surface area (Å²) in [6.45, 7) is 9.54. The van der Waals surface area contributed by atoms with Crippen LogP contribution in [-0.2, 0) is 10.2 Å². The van der Waals surface area contributed by atoms with Crippen LogP contribution in [0.3, 0.4) is 0 Å². The molecular weight excluding hydrogens is 278 g/mol. The van der Waals surface area contributed by atoms with Crippen LogP contribution in [0.4, 0.5) is 0 Å². The van der Waals surface area contributed by atoms with Gasteiger partial charge in [0.25, 0.3) is 10.2 Å². The van der Waals surface area contributed by atoms with E-state index in [2.05, 4.69) is 23.5 Å². The van der Waals surface area contributed by atoms with Gasteiger partial charge in [0.1, 0.15) is 0 Å². The quantitative estimate of drug-likeness (QED) is 0.555. The number of nitrogens with one attached hydrogen (secondary N) is 1. The molecule has 7 heteroatoms. The second kappa shape index (κ2) is 10.5. The van der Waals surface area contributed by atoms with Crippen molar-refractivity contribution in [1.29, 1.82) is 0 Å². The highest BCUT2D eigenvalue weighted by Gasteiger charge is 2.19. The van der Waals surface area contributed by atoms with Gasteiger partial charge in [-0.2, -0.15) is 17.4 Å². The van der Waals surface area contributed by atoms with Crippen LogP contribution in [0.1, 0.15) is 40.0 Å². The molecule has 20 heavy (non-hydrogen) atoms. The topological polar surface area (TPSA) is 72.9 Å². The van der Waals surface area contributed by atoms with Gasteiger partial charge in [-0.1, -0.05) is 13.8 Å². The van der Waals surface area contributed by atoms with Crippen LogP contribution in [0.15, 0.2) is 0 Å². The Kier molecular flexibility index (Phi) is 10.4. The van der Waals surface area contributed by atoms with Gasteiger partial charge in [0.05, 0.1) is 0 Å². The second-order valence-electron chi connectivity index (χ2n) is 5.09. The minimum Gasteiger partial charge on any atom is -0.396 e. The Bertz CT molecular complexity index is 332. The fourth-order valence-corrected chi connectivity index (χ4v) is 3.15. The molecule has 0 saturated carbocycles. The number of aliphatic hydroxyl groups is 1. The van der Waals surface area contributed by atoms with Gasteiger partial charge in [-0.3, -0.25) is 0 Å². The van der Waals surface area contributed by atoms with Crippen LogP contribution in [0.5, 0.6) is 0 Å². The standard InChI is InChI=1S/C13H31N3O3S/c1-5-16(6-2)11-7-9-13(3)14-20(18,19)15(4)10-8-12-17/h13-14,17H,5-12H2,1-4H3. The lowest BCUT2D eigenvalue weighted by Gasteiger charge is -2.22. The van der Waals surface area contributed by atoms with Crippen molar-refractivity contribution in [2.24, 2.45) is 0 Å². The highest BCUT2D eigenvalue weighted by atomic mass is 32.2. The van der Waals surface area contributed by atoms with E-state index in [4.69, 9.17) is 5.11 Å². The zero-order valence-corrected chi connectivity index (χ0v) is 14.1. The molecule has 0 aromatic rings. The molecule has 6 nitrogen and oxygen atoms in total. The van der Waals surface area contributed by atoms with E-state index in [1.165, 1.54) is 11.4 Å². The molecule has 0 aliphatic heterocycles. The first-order chi connectivity index (χ1) is 9.37. The normalized spacial score (nSPS) is 14.2. The van der Waals surface area contributed by atoms with Crippen LogP contribution in [0.2, 0.25) is 0 Å². The summed E-state index contributed by atoms with van der Waals surface area (Å²) in [6, 6.07) is -0.0767. The molecule has 1 unspecified atom stereocenters. The van der Waals surface area contributed by atoms with Gasteiger partial charge in [0, 0.05) is 26.2 Å². The van der Waals surface area contributed by atoms with Gasteiger partial charge in [-0.25, -0.2) is 0 Å². The van der Waals surface area contributed by atoms with Gasteiger partial charge in [0.2, 0.25) is 0 Å². The van der Waals surface area contributed by atoms with Crippen LogP contribution in [0, 0.1) is 0 Å². The summed E-state index contributed by atoms with van der Waals surface area (Å²) in [5, 5.41) is 8.73. The largest absolute Gasteiger partial charge is 0.396 e. The summed E-state index contributed by atoms with van der Waals surface area (Å²) in [5.74, 6) is 0. The molecule has 0 aromatic heterocycles. The first kappa shape index (κ1) is 19.8. The Balaban J connectivity index is 4.08. The molecule has 0 saturated heterocycles. The number of nitrogens with zero attached hydrogens (tertiary/aromatic N) is 2. The number of hydrogen-bond donors (Lipinski definition) is 2. The molecular formula is C13H31N3O3S. The van der Waals surface area contributed by atoms with Gasteiger partial charge in [0.15, 0.2) is 0 Å². The van der Waals surface area contributed by atoms with Crippen LogP contribution in [-0.4, -0.2) is 68.6 Å². The maximum Gasteiger partial charge on any atom is 0.279 e. The number of rotatable bonds is 12. The Hall–Kier alpha value is -0.210. The van der Waals surface area contributed by atoms with Gasteiger partial charge >= 0.3 is 0 Å². The predicted octanol–water partition coefficient (Wildman–Crippen LogP) is 0.646. The summed E-state index contributed by atoms with van der Waals surface area (Å²) < 4.78 is 27.9. The second-order valence-corrected chi connectivity index (χ2v) is 6.90. The molecule has 0 bridgehead atoms. The Morgan fingerprint density at radius 2 is 1.75 bits per heavy atom. The van der Waals surface area contributed by atoms with E-state index in [0.717, 1.165) is 32.5 Å². The van der Waals surface area contributed by atoms with Crippen LogP contribution in [0.25, 0.3) is 0 Å². The number of aliphatic hydroxyl groups excluding tert-OH is 1. The average Bonchev–Trinajstić information content (AvgIpc) is 2.40. The molecule has 0 heterocycles. The molecule has 1 atom stereocenters. The average molecular weight is 309 g/mol. The van der Waals surface area contributed by atoms with E-state index in [9.17, 15) is 8.42 Å². The third kappa shape index (κ3) is 8.16. The lowest BCUT2D eigenvalue weighted by Crippen LogP contribution is -2.43. The molecule has 0 aliphatic carbocycles. The smallest absolute Gasteiger partial charge is 0.279 e. The fourth-order valence-electron chi connectivity index (χ4n) is 1.98. The summed E-state index contributed by atoms with van der Waals surface area (Å²) in [5.41, 5.74) is 0. The molecule has 122 valence electrons. The Morgan fingerprint density at radius 1 is 1.15 bits per heavy atom. The van der Waals surface area contributed by atoms with Crippen molar-refractivity contribution in [2.75, 3.05) is 39.8 Å². The van der Waals surface area contributed by atoms with Crippen LogP contribution >= 0.6 is 0 Å². The SMILES string of the molecule is CCN(CC)CCCC(C)NS(=O)(=O)N(C)CCCO. The molecule has 0 aliphatic rings. The van der Waals surface area contributed by atoms with Crippen LogP contribution < -0.4 is 4.72 Å². The third-order valence-corrected chi connectivity index (χ3v) is 5.10. The summed E-state index contributed by atoms with van der Waals surface area (Å²) in [7, 11) is -1.91.